The lowest BCUT2D eigenvalue weighted by Crippen LogP contribution is -2.25. The van der Waals surface area contributed by atoms with Crippen molar-refractivity contribution in [2.24, 2.45) is 5.41 Å². The van der Waals surface area contributed by atoms with Gasteiger partial charge in [-0.2, -0.15) is 0 Å². The highest BCUT2D eigenvalue weighted by Crippen LogP contribution is 2.40. The van der Waals surface area contributed by atoms with Crippen LogP contribution < -0.4 is 5.48 Å². The summed E-state index contributed by atoms with van der Waals surface area (Å²) in [6.45, 7) is 10.8. The Hall–Kier alpha value is -2.11. The Morgan fingerprint density at radius 3 is 2.45 bits per heavy atom. The summed E-state index contributed by atoms with van der Waals surface area (Å²) >= 11 is 0. The van der Waals surface area contributed by atoms with Crippen LogP contribution in [0.5, 0.6) is 0 Å². The second-order valence-corrected chi connectivity index (χ2v) is 10.8. The molecule has 2 rings (SSSR count). The van der Waals surface area contributed by atoms with E-state index in [2.05, 4.69) is 63.2 Å². The highest BCUT2D eigenvalue weighted by atomic mass is 28.3. The average molecular weight is 413 g/mol. The first-order valence-electron chi connectivity index (χ1n) is 10.3. The molecule has 2 aromatic carbocycles. The van der Waals surface area contributed by atoms with E-state index in [9.17, 15) is 4.79 Å². The van der Waals surface area contributed by atoms with Gasteiger partial charge in [-0.25, -0.2) is 5.48 Å². The van der Waals surface area contributed by atoms with Gasteiger partial charge in [0.1, 0.15) is 0 Å². The minimum atomic E-state index is -1.06. The maximum Gasteiger partial charge on any atom is 0.307 e. The van der Waals surface area contributed by atoms with Gasteiger partial charge in [0.15, 0.2) is 5.76 Å². The molecule has 0 bridgehead atoms. The van der Waals surface area contributed by atoms with Crippen molar-refractivity contribution >= 4 is 25.7 Å². The normalized spacial score (nSPS) is 13.6. The molecule has 0 aliphatic rings. The summed E-state index contributed by atoms with van der Waals surface area (Å²) in [7, 11) is -1.06. The van der Waals surface area contributed by atoms with Crippen molar-refractivity contribution < 1.29 is 14.4 Å². The van der Waals surface area contributed by atoms with Crippen molar-refractivity contribution in [3.05, 3.63) is 59.9 Å². The second-order valence-electron chi connectivity index (χ2n) is 8.83. The lowest BCUT2D eigenvalue weighted by Gasteiger charge is -2.31. The molecule has 1 unspecified atom stereocenters. The molecule has 1 atom stereocenters. The summed E-state index contributed by atoms with van der Waals surface area (Å²) in [5.41, 5.74) is 3.23. The molecule has 5 heteroatoms. The maximum atomic E-state index is 11.7. The third-order valence-corrected chi connectivity index (χ3v) is 5.77. The highest BCUT2D eigenvalue weighted by Gasteiger charge is 2.25. The van der Waals surface area contributed by atoms with Gasteiger partial charge in [0, 0.05) is 0 Å². The van der Waals surface area contributed by atoms with Gasteiger partial charge >= 0.3 is 5.91 Å². The molecule has 0 aliphatic carbocycles. The van der Waals surface area contributed by atoms with E-state index in [4.69, 9.17) is 9.63 Å². The maximum absolute atomic E-state index is 11.7. The summed E-state index contributed by atoms with van der Waals surface area (Å²) in [4.78, 5) is 11.7. The van der Waals surface area contributed by atoms with Crippen LogP contribution in [0.4, 0.5) is 0 Å². The molecule has 1 radical (unpaired) electrons. The Labute approximate surface area is 176 Å². The van der Waals surface area contributed by atoms with Gasteiger partial charge in [0.2, 0.25) is 0 Å². The molecule has 0 saturated carbocycles. The number of unbranched alkanes of at least 4 members (excludes halogenated alkanes) is 2. The number of carbonyl (C=O) groups excluding carboxylic acids is 1. The summed E-state index contributed by atoms with van der Waals surface area (Å²) < 4.78 is 5.59. The van der Waals surface area contributed by atoms with E-state index in [0.717, 1.165) is 25.7 Å². The Bertz CT molecular complexity index is 839. The quantitative estimate of drug-likeness (QED) is 0.129. The van der Waals surface area contributed by atoms with Crippen molar-refractivity contribution in [1.29, 1.82) is 0 Å². The standard InChI is InChI=1S/C24H34NO3Si/c1-24(2,3)21(20-16-15-18-11-9-10-12-19(18)17-20)13-7-6-8-14-22(23(26)25-27)28-29(4)5/h9-12,14-17,21,27H,6-8,13H2,1-5H3,(H,25,26). The molecule has 0 aromatic heterocycles. The number of benzene rings is 2. The van der Waals surface area contributed by atoms with E-state index in [1.54, 1.807) is 11.6 Å². The minimum Gasteiger partial charge on any atom is -0.539 e. The van der Waals surface area contributed by atoms with Gasteiger partial charge in [-0.1, -0.05) is 69.7 Å². The average Bonchev–Trinajstić information content (AvgIpc) is 2.67. The molecule has 0 aliphatic heterocycles. The Balaban J connectivity index is 2.02. The van der Waals surface area contributed by atoms with Crippen LogP contribution >= 0.6 is 0 Å². The number of hydrogen-bond donors (Lipinski definition) is 2. The molecular formula is C24H34NO3Si. The molecule has 4 nitrogen and oxygen atoms in total. The summed E-state index contributed by atoms with van der Waals surface area (Å²) in [5.74, 6) is 0.127. The molecule has 1 amide bonds. The van der Waals surface area contributed by atoms with Crippen molar-refractivity contribution in [1.82, 2.24) is 5.48 Å². The van der Waals surface area contributed by atoms with E-state index in [-0.39, 0.29) is 11.2 Å². The fourth-order valence-corrected chi connectivity index (χ4v) is 4.32. The smallest absolute Gasteiger partial charge is 0.307 e. The molecule has 2 N–H and O–H groups in total. The monoisotopic (exact) mass is 412 g/mol. The minimum absolute atomic E-state index is 0.172. The number of hydroxylamine groups is 1. The molecular weight excluding hydrogens is 378 g/mol. The fourth-order valence-electron chi connectivity index (χ4n) is 3.71. The zero-order valence-corrected chi connectivity index (χ0v) is 19.3. The first kappa shape index (κ1) is 23.2. The van der Waals surface area contributed by atoms with E-state index in [1.807, 2.05) is 13.1 Å². The summed E-state index contributed by atoms with van der Waals surface area (Å²) in [6, 6.07) is 15.3. The molecule has 0 fully saturated rings. The number of carbonyl (C=O) groups is 1. The van der Waals surface area contributed by atoms with Crippen LogP contribution in [0.15, 0.2) is 54.3 Å². The third-order valence-electron chi connectivity index (χ3n) is 5.14. The number of nitrogens with one attached hydrogen (secondary N) is 1. The van der Waals surface area contributed by atoms with Crippen molar-refractivity contribution in [3.63, 3.8) is 0 Å². The predicted molar refractivity (Wildman–Crippen MR) is 121 cm³/mol. The Morgan fingerprint density at radius 2 is 1.83 bits per heavy atom. The van der Waals surface area contributed by atoms with Crippen LogP contribution in [0.1, 0.15) is 57.9 Å². The second kappa shape index (κ2) is 10.6. The van der Waals surface area contributed by atoms with Crippen LogP contribution in [-0.2, 0) is 9.22 Å². The van der Waals surface area contributed by atoms with Crippen molar-refractivity contribution in [3.8, 4) is 0 Å². The Morgan fingerprint density at radius 1 is 1.14 bits per heavy atom. The van der Waals surface area contributed by atoms with Gasteiger partial charge in [0.05, 0.1) is 0 Å². The molecule has 0 heterocycles. The number of rotatable bonds is 9. The number of fused-ring (bicyclic) bond motifs is 1. The molecule has 157 valence electrons. The summed E-state index contributed by atoms with van der Waals surface area (Å²) in [5, 5.41) is 11.4. The highest BCUT2D eigenvalue weighted by molar-refractivity contribution is 6.49. The van der Waals surface area contributed by atoms with Crippen LogP contribution in [0.2, 0.25) is 13.1 Å². The topological polar surface area (TPSA) is 58.6 Å². The van der Waals surface area contributed by atoms with E-state index in [0.29, 0.717) is 5.92 Å². The molecule has 29 heavy (non-hydrogen) atoms. The van der Waals surface area contributed by atoms with Crippen LogP contribution in [-0.4, -0.2) is 20.2 Å². The van der Waals surface area contributed by atoms with Crippen molar-refractivity contribution in [2.45, 2.75) is 65.5 Å². The molecule has 2 aromatic rings. The van der Waals surface area contributed by atoms with E-state index >= 15 is 0 Å². The third kappa shape index (κ3) is 7.01. The van der Waals surface area contributed by atoms with Gasteiger partial charge in [-0.05, 0) is 66.1 Å². The molecule has 0 spiro atoms. The SMILES string of the molecule is C[Si](C)OC(=CCCCCC(c1ccc2ccccc2c1)C(C)(C)C)C(=O)NO. The van der Waals surface area contributed by atoms with Crippen LogP contribution in [0.3, 0.4) is 0 Å². The summed E-state index contributed by atoms with van der Waals surface area (Å²) in [6.07, 6.45) is 5.68. The van der Waals surface area contributed by atoms with Crippen LogP contribution in [0, 0.1) is 5.41 Å². The van der Waals surface area contributed by atoms with E-state index in [1.165, 1.54) is 16.3 Å². The lowest BCUT2D eigenvalue weighted by molar-refractivity contribution is -0.127. The van der Waals surface area contributed by atoms with Crippen molar-refractivity contribution in [2.75, 3.05) is 0 Å². The largest absolute Gasteiger partial charge is 0.539 e. The van der Waals surface area contributed by atoms with Gasteiger partial charge in [0.25, 0.3) is 9.04 Å². The van der Waals surface area contributed by atoms with Gasteiger partial charge in [-0.3, -0.25) is 10.0 Å². The van der Waals surface area contributed by atoms with Gasteiger partial charge < -0.3 is 4.43 Å². The number of allylic oxidation sites excluding steroid dienone is 1. The zero-order valence-electron chi connectivity index (χ0n) is 18.3. The van der Waals surface area contributed by atoms with E-state index < -0.39 is 14.9 Å². The van der Waals surface area contributed by atoms with Gasteiger partial charge in [-0.15, -0.1) is 0 Å². The predicted octanol–water partition coefficient (Wildman–Crippen LogP) is 6.19. The van der Waals surface area contributed by atoms with Crippen LogP contribution in [0.25, 0.3) is 10.8 Å². The first-order valence-corrected chi connectivity index (χ1v) is 12.7. The number of hydrogen-bond acceptors (Lipinski definition) is 3. The first-order chi connectivity index (χ1) is 13.7. The lowest BCUT2D eigenvalue weighted by atomic mass is 9.73. The Kier molecular flexibility index (Phi) is 8.47. The molecule has 0 saturated heterocycles. The zero-order chi connectivity index (χ0) is 21.4. The fraction of sp³-hybridized carbons (Fsp3) is 0.458. The number of amides is 1.